The Balaban J connectivity index is 1.34. The zero-order chi connectivity index (χ0) is 27.9. The smallest absolute Gasteiger partial charge is 0.260 e. The number of aliphatic imine (C=N–C) groups is 1. The Morgan fingerprint density at radius 1 is 1.07 bits per heavy atom. The van der Waals surface area contributed by atoms with E-state index in [9.17, 15) is 9.59 Å². The largest absolute Gasteiger partial charge is 0.490 e. The molecule has 1 saturated heterocycles. The van der Waals surface area contributed by atoms with Gasteiger partial charge in [0, 0.05) is 34.9 Å². The predicted molar refractivity (Wildman–Crippen MR) is 158 cm³/mol. The van der Waals surface area contributed by atoms with Crippen molar-refractivity contribution in [2.24, 2.45) is 4.99 Å². The zero-order valence-corrected chi connectivity index (χ0v) is 24.0. The van der Waals surface area contributed by atoms with Gasteiger partial charge in [-0.3, -0.25) is 9.59 Å². The fraction of sp³-hybridized carbons (Fsp3) is 0.367. The monoisotopic (exact) mass is 581 g/mol. The summed E-state index contributed by atoms with van der Waals surface area (Å²) in [4.78, 5) is 33.7. The van der Waals surface area contributed by atoms with Gasteiger partial charge in [0.2, 0.25) is 0 Å². The number of nitrogens with one attached hydrogen (secondary N) is 1. The van der Waals surface area contributed by atoms with Crippen LogP contribution in [0.25, 0.3) is 0 Å². The van der Waals surface area contributed by atoms with Gasteiger partial charge in [-0.1, -0.05) is 11.6 Å². The van der Waals surface area contributed by atoms with Gasteiger partial charge in [-0.15, -0.1) is 11.3 Å². The van der Waals surface area contributed by atoms with Crippen LogP contribution in [0, 0.1) is 0 Å². The summed E-state index contributed by atoms with van der Waals surface area (Å²) in [6.45, 7) is 4.50. The molecule has 1 aliphatic carbocycles. The highest BCUT2D eigenvalue weighted by Gasteiger charge is 2.25. The molecule has 1 aromatic heterocycles. The van der Waals surface area contributed by atoms with Crippen LogP contribution in [0.15, 0.2) is 47.5 Å². The minimum absolute atomic E-state index is 0.0691. The normalized spacial score (nSPS) is 15.1. The SMILES string of the molecule is CCOc1cc(C=Nc2sc3c(c2C(=O)Nc2ccc(Cl)cc2)CCCC3)ccc1OCC(=O)N1CCOCC1. The number of carbonyl (C=O) groups excluding carboxylic acids is 2. The number of morpholine rings is 1. The summed E-state index contributed by atoms with van der Waals surface area (Å²) >= 11 is 7.58. The Bertz CT molecular complexity index is 1380. The Kier molecular flexibility index (Phi) is 9.36. The maximum absolute atomic E-state index is 13.4. The van der Waals surface area contributed by atoms with E-state index in [0.717, 1.165) is 36.8 Å². The molecule has 0 atom stereocenters. The molecule has 210 valence electrons. The van der Waals surface area contributed by atoms with Crippen LogP contribution in [0.1, 0.15) is 46.1 Å². The van der Waals surface area contributed by atoms with Gasteiger partial charge in [-0.2, -0.15) is 0 Å². The molecule has 40 heavy (non-hydrogen) atoms. The van der Waals surface area contributed by atoms with Crippen LogP contribution in [0.4, 0.5) is 10.7 Å². The van der Waals surface area contributed by atoms with Crippen LogP contribution in [0.2, 0.25) is 5.02 Å². The average Bonchev–Trinajstić information content (AvgIpc) is 3.36. The summed E-state index contributed by atoms with van der Waals surface area (Å²) in [5, 5.41) is 4.30. The molecule has 0 radical (unpaired) electrons. The second kappa shape index (κ2) is 13.3. The molecular formula is C30H32ClN3O5S. The third kappa shape index (κ3) is 6.83. The summed E-state index contributed by atoms with van der Waals surface area (Å²) in [5.74, 6) is 0.780. The number of aryl methyl sites for hydroxylation is 1. The van der Waals surface area contributed by atoms with E-state index in [2.05, 4.69) is 5.32 Å². The van der Waals surface area contributed by atoms with Gasteiger partial charge >= 0.3 is 0 Å². The van der Waals surface area contributed by atoms with E-state index in [0.29, 0.717) is 65.7 Å². The molecule has 1 fully saturated rings. The van der Waals surface area contributed by atoms with Crippen LogP contribution in [-0.4, -0.2) is 62.4 Å². The standard InChI is InChI=1S/C30H32ClN3O5S/c1-2-38-25-17-20(7-12-24(25)39-19-27(35)34-13-15-37-16-14-34)18-32-30-28(23-5-3-4-6-26(23)40-30)29(36)33-22-10-8-21(31)9-11-22/h7-12,17-18H,2-6,13-16,19H2,1H3,(H,33,36). The molecular weight excluding hydrogens is 550 g/mol. The Morgan fingerprint density at radius 2 is 1.85 bits per heavy atom. The average molecular weight is 582 g/mol. The van der Waals surface area contributed by atoms with Gasteiger partial charge in [0.05, 0.1) is 25.4 Å². The third-order valence-corrected chi connectivity index (χ3v) is 8.25. The van der Waals surface area contributed by atoms with Crippen molar-refractivity contribution in [1.29, 1.82) is 0 Å². The molecule has 0 bridgehead atoms. The van der Waals surface area contributed by atoms with Crippen LogP contribution in [-0.2, 0) is 22.4 Å². The number of hydrogen-bond acceptors (Lipinski definition) is 7. The number of benzene rings is 2. The molecule has 2 aromatic carbocycles. The topological polar surface area (TPSA) is 89.5 Å². The highest BCUT2D eigenvalue weighted by molar-refractivity contribution is 7.16. The van der Waals surface area contributed by atoms with Crippen molar-refractivity contribution in [3.63, 3.8) is 0 Å². The van der Waals surface area contributed by atoms with Gasteiger partial charge in [0.1, 0.15) is 5.00 Å². The van der Waals surface area contributed by atoms with Gasteiger partial charge in [0.15, 0.2) is 18.1 Å². The molecule has 0 unspecified atom stereocenters. The summed E-state index contributed by atoms with van der Waals surface area (Å²) in [7, 11) is 0. The van der Waals surface area contributed by atoms with Crippen molar-refractivity contribution in [3.8, 4) is 11.5 Å². The van der Waals surface area contributed by atoms with E-state index in [-0.39, 0.29) is 18.4 Å². The second-order valence-corrected chi connectivity index (χ2v) is 11.1. The minimum Gasteiger partial charge on any atom is -0.490 e. The van der Waals surface area contributed by atoms with Gasteiger partial charge in [-0.05, 0) is 86.2 Å². The van der Waals surface area contributed by atoms with Crippen molar-refractivity contribution in [1.82, 2.24) is 4.90 Å². The van der Waals surface area contributed by atoms with Crippen molar-refractivity contribution in [2.45, 2.75) is 32.6 Å². The van der Waals surface area contributed by atoms with E-state index in [4.69, 9.17) is 30.8 Å². The second-order valence-electron chi connectivity index (χ2n) is 9.53. The first-order valence-electron chi connectivity index (χ1n) is 13.5. The van der Waals surface area contributed by atoms with Crippen molar-refractivity contribution in [2.75, 3.05) is 44.8 Å². The number of ether oxygens (including phenoxy) is 3. The van der Waals surface area contributed by atoms with Gasteiger partial charge < -0.3 is 24.4 Å². The van der Waals surface area contributed by atoms with Crippen molar-refractivity contribution < 1.29 is 23.8 Å². The van der Waals surface area contributed by atoms with Crippen LogP contribution < -0.4 is 14.8 Å². The first-order chi connectivity index (χ1) is 19.5. The Hall–Kier alpha value is -3.40. The summed E-state index contributed by atoms with van der Waals surface area (Å²) in [6, 6.07) is 12.6. The molecule has 3 aromatic rings. The molecule has 1 aliphatic heterocycles. The molecule has 0 saturated carbocycles. The molecule has 2 amide bonds. The molecule has 2 aliphatic rings. The maximum atomic E-state index is 13.4. The Morgan fingerprint density at radius 3 is 2.62 bits per heavy atom. The number of fused-ring (bicyclic) bond motifs is 1. The van der Waals surface area contributed by atoms with Crippen LogP contribution in [0.3, 0.4) is 0 Å². The third-order valence-electron chi connectivity index (χ3n) is 6.80. The number of nitrogens with zero attached hydrogens (tertiary/aromatic N) is 2. The molecule has 8 nitrogen and oxygen atoms in total. The number of anilines is 1. The molecule has 10 heteroatoms. The van der Waals surface area contributed by atoms with Crippen molar-refractivity contribution >= 4 is 51.7 Å². The lowest BCUT2D eigenvalue weighted by molar-refractivity contribution is -0.137. The number of hydrogen-bond donors (Lipinski definition) is 1. The lowest BCUT2D eigenvalue weighted by atomic mass is 9.95. The molecule has 1 N–H and O–H groups in total. The number of halogens is 1. The highest BCUT2D eigenvalue weighted by Crippen LogP contribution is 2.40. The Labute approximate surface area is 242 Å². The van der Waals surface area contributed by atoms with E-state index < -0.39 is 0 Å². The lowest BCUT2D eigenvalue weighted by Gasteiger charge is -2.26. The van der Waals surface area contributed by atoms with Gasteiger partial charge in [0.25, 0.3) is 11.8 Å². The van der Waals surface area contributed by atoms with E-state index in [1.54, 1.807) is 52.8 Å². The molecule has 0 spiro atoms. The van der Waals surface area contributed by atoms with E-state index in [1.165, 1.54) is 4.88 Å². The van der Waals surface area contributed by atoms with Crippen LogP contribution >= 0.6 is 22.9 Å². The molecule has 2 heterocycles. The van der Waals surface area contributed by atoms with Crippen LogP contribution in [0.5, 0.6) is 11.5 Å². The van der Waals surface area contributed by atoms with Gasteiger partial charge in [-0.25, -0.2) is 4.99 Å². The fourth-order valence-electron chi connectivity index (χ4n) is 4.77. The summed E-state index contributed by atoms with van der Waals surface area (Å²) < 4.78 is 17.0. The fourth-order valence-corrected chi connectivity index (χ4v) is 6.13. The zero-order valence-electron chi connectivity index (χ0n) is 22.4. The number of rotatable bonds is 9. The first-order valence-corrected chi connectivity index (χ1v) is 14.7. The number of carbonyl (C=O) groups is 2. The minimum atomic E-state index is -0.169. The first kappa shape index (κ1) is 28.1. The highest BCUT2D eigenvalue weighted by atomic mass is 35.5. The maximum Gasteiger partial charge on any atom is 0.260 e. The number of thiophene rings is 1. The predicted octanol–water partition coefficient (Wildman–Crippen LogP) is 5.92. The van der Waals surface area contributed by atoms with E-state index in [1.807, 2.05) is 19.1 Å². The lowest BCUT2D eigenvalue weighted by Crippen LogP contribution is -2.43. The summed E-state index contributed by atoms with van der Waals surface area (Å²) in [6.07, 6.45) is 5.74. The van der Waals surface area contributed by atoms with Crippen molar-refractivity contribution in [3.05, 3.63) is 69.1 Å². The number of amides is 2. The quantitative estimate of drug-likeness (QED) is 0.317. The van der Waals surface area contributed by atoms with E-state index >= 15 is 0 Å². The summed E-state index contributed by atoms with van der Waals surface area (Å²) in [5.41, 5.74) is 3.21. The molecule has 5 rings (SSSR count).